The zero-order valence-electron chi connectivity index (χ0n) is 55.3. The van der Waals surface area contributed by atoms with Gasteiger partial charge in [0.15, 0.2) is 0 Å². The Hall–Kier alpha value is -6.17. The number of rotatable bonds is 16. The molecule has 0 unspecified atom stereocenters. The highest BCUT2D eigenvalue weighted by atomic mass is 16.3. The highest BCUT2D eigenvalue weighted by Gasteiger charge is 2.45. The van der Waals surface area contributed by atoms with Crippen LogP contribution in [0.3, 0.4) is 0 Å². The SMILES string of the molecule is C/C=C/C[C@@H](C)[C@@H](O)[C@H]1C(=O)N[C@@H](CC)C(=O)NCC(=O)N(C)[C@H](CC(C)C)C(=O)N[C@H](C(C)C)C(=O)N(C)[C@H](CC(C)C)C(=O)N[C@@H](C)C(=O)N[C@H](CO)C(=O)N(C)[C@@H](CC(C)C)C(=O)N(C)[C@@H](CC(C)C)C(=O)N(C)[C@@H](C(C)C)C(=O)N1C. The van der Waals surface area contributed by atoms with Gasteiger partial charge in [0.2, 0.25) is 65.0 Å². The van der Waals surface area contributed by atoms with Crippen LogP contribution in [-0.2, 0) is 52.7 Å². The Morgan fingerprint density at radius 2 is 0.906 bits per heavy atom. The molecule has 1 fully saturated rings. The number of carbonyl (C=O) groups excluding carboxylic acids is 11. The van der Waals surface area contributed by atoms with Crippen molar-refractivity contribution in [1.82, 2.24) is 56.0 Å². The summed E-state index contributed by atoms with van der Waals surface area (Å²) in [6, 6.07) is -13.2. The maximum atomic E-state index is 15.1. The van der Waals surface area contributed by atoms with Crippen molar-refractivity contribution in [2.75, 3.05) is 55.4 Å². The van der Waals surface area contributed by atoms with Crippen LogP contribution in [0.25, 0.3) is 0 Å². The van der Waals surface area contributed by atoms with Crippen molar-refractivity contribution in [3.05, 3.63) is 12.2 Å². The molecule has 85 heavy (non-hydrogen) atoms. The Balaban J connectivity index is 4.31. The fraction of sp³-hybridized carbons (Fsp3) is 0.787. The van der Waals surface area contributed by atoms with E-state index in [4.69, 9.17) is 0 Å². The van der Waals surface area contributed by atoms with E-state index in [1.54, 1.807) is 60.6 Å². The van der Waals surface area contributed by atoms with Gasteiger partial charge in [-0.1, -0.05) is 109 Å². The molecule has 0 radical (unpaired) electrons. The topological polar surface area (TPSA) is 308 Å². The van der Waals surface area contributed by atoms with E-state index in [0.717, 1.165) is 14.7 Å². The molecular weight excluding hydrogens is 1090 g/mol. The Bertz CT molecular complexity index is 2310. The van der Waals surface area contributed by atoms with E-state index < -0.39 is 162 Å². The van der Waals surface area contributed by atoms with Crippen molar-refractivity contribution >= 4 is 65.0 Å². The number of aliphatic hydroxyl groups excluding tert-OH is 2. The molecule has 12 atom stereocenters. The van der Waals surface area contributed by atoms with Gasteiger partial charge in [0.1, 0.15) is 60.4 Å². The number of aliphatic hydroxyl groups is 2. The largest absolute Gasteiger partial charge is 0.394 e. The second-order valence-electron chi connectivity index (χ2n) is 25.6. The number of likely N-dealkylation sites (N-methyl/N-ethyl adjacent to an activating group) is 6. The summed E-state index contributed by atoms with van der Waals surface area (Å²) < 4.78 is 0. The number of nitrogens with one attached hydrogen (secondary N) is 5. The van der Waals surface area contributed by atoms with Gasteiger partial charge in [0.25, 0.3) is 0 Å². The van der Waals surface area contributed by atoms with Gasteiger partial charge in [-0.25, -0.2) is 0 Å². The van der Waals surface area contributed by atoms with Crippen LogP contribution in [0.2, 0.25) is 0 Å². The molecule has 486 valence electrons. The molecule has 1 heterocycles. The van der Waals surface area contributed by atoms with Crippen molar-refractivity contribution in [2.45, 2.75) is 216 Å². The van der Waals surface area contributed by atoms with Crippen molar-refractivity contribution in [2.24, 2.45) is 41.4 Å². The van der Waals surface area contributed by atoms with Crippen molar-refractivity contribution in [3.8, 4) is 0 Å². The molecule has 1 aliphatic rings. The molecule has 1 rings (SSSR count). The third kappa shape index (κ3) is 21.9. The van der Waals surface area contributed by atoms with E-state index in [9.17, 15) is 53.4 Å². The van der Waals surface area contributed by atoms with Crippen molar-refractivity contribution < 1.29 is 63.0 Å². The van der Waals surface area contributed by atoms with E-state index in [0.29, 0.717) is 6.42 Å². The molecule has 0 bridgehead atoms. The summed E-state index contributed by atoms with van der Waals surface area (Å²) in [4.78, 5) is 166. The lowest BCUT2D eigenvalue weighted by atomic mass is 9.91. The number of hydrogen-bond donors (Lipinski definition) is 7. The summed E-state index contributed by atoms with van der Waals surface area (Å²) >= 11 is 0. The number of carbonyl (C=O) groups is 11. The first-order valence-electron chi connectivity index (χ1n) is 30.3. The first-order chi connectivity index (χ1) is 39.3. The number of hydrogen-bond acceptors (Lipinski definition) is 13. The lowest BCUT2D eigenvalue weighted by molar-refractivity contribution is -0.157. The minimum atomic E-state index is -1.63. The molecule has 0 aromatic rings. The van der Waals surface area contributed by atoms with Gasteiger partial charge in [0.05, 0.1) is 19.3 Å². The Kier molecular flexibility index (Phi) is 32.1. The molecule has 0 aromatic heterocycles. The maximum Gasteiger partial charge on any atom is 0.247 e. The molecule has 7 N–H and O–H groups in total. The normalized spacial score (nSPS) is 26.8. The third-order valence-corrected chi connectivity index (χ3v) is 15.8. The van der Waals surface area contributed by atoms with Gasteiger partial charge in [-0.3, -0.25) is 52.7 Å². The van der Waals surface area contributed by atoms with E-state index in [1.807, 2.05) is 55.4 Å². The molecule has 24 nitrogen and oxygen atoms in total. The number of amides is 11. The Morgan fingerprint density at radius 1 is 0.482 bits per heavy atom. The standard InChI is InChI=1S/C61H109N11O13/c1-23-25-26-39(15)51(75)50-56(80)64-41(24-2)53(77)62-31-47(74)67(17)43(27-33(3)4)55(79)66-48(37(11)12)60(84)68(18)44(28-34(5)6)54(78)63-40(16)52(76)65-42(32-73)57(81)69(19)45(29-35(7)8)58(82)70(20)46(30-36(9)10)59(83)71(21)49(38(13)14)61(85)72(50)22/h23,25,33-46,48-51,73,75H,24,26-32H2,1-22H3,(H,62,77)(H,63,78)(H,64,80)(H,65,76)(H,66,79)/b25-23+/t39-,40+,41+,42-,43-,44-,45+,46+,48-,49+,50+,51-/m1/s1. The van der Waals surface area contributed by atoms with E-state index >= 15 is 9.59 Å². The number of allylic oxidation sites excluding steroid dienone is 2. The minimum Gasteiger partial charge on any atom is -0.394 e. The molecule has 11 amide bonds. The molecule has 0 aromatic carbocycles. The van der Waals surface area contributed by atoms with Gasteiger partial charge in [0, 0.05) is 42.3 Å². The van der Waals surface area contributed by atoms with Gasteiger partial charge in [-0.2, -0.15) is 0 Å². The second kappa shape index (κ2) is 35.5. The van der Waals surface area contributed by atoms with Crippen LogP contribution in [0.1, 0.15) is 149 Å². The van der Waals surface area contributed by atoms with E-state index in [1.165, 1.54) is 63.9 Å². The summed E-state index contributed by atoms with van der Waals surface area (Å²) in [5.74, 6) is -10.7. The van der Waals surface area contributed by atoms with Crippen LogP contribution in [0, 0.1) is 41.4 Å². The molecule has 0 spiro atoms. The van der Waals surface area contributed by atoms with Gasteiger partial charge >= 0.3 is 0 Å². The Labute approximate surface area is 507 Å². The van der Waals surface area contributed by atoms with Crippen LogP contribution in [0.4, 0.5) is 0 Å². The fourth-order valence-electron chi connectivity index (χ4n) is 10.5. The van der Waals surface area contributed by atoms with Crippen LogP contribution >= 0.6 is 0 Å². The van der Waals surface area contributed by atoms with Gasteiger partial charge < -0.3 is 66.2 Å². The smallest absolute Gasteiger partial charge is 0.247 e. The fourth-order valence-corrected chi connectivity index (χ4v) is 10.5. The average Bonchev–Trinajstić information content (AvgIpc) is 3.64. The molecule has 1 aliphatic heterocycles. The van der Waals surface area contributed by atoms with E-state index in [-0.39, 0.29) is 55.8 Å². The summed E-state index contributed by atoms with van der Waals surface area (Å²) in [5.41, 5.74) is 0. The third-order valence-electron chi connectivity index (χ3n) is 15.8. The van der Waals surface area contributed by atoms with Crippen LogP contribution in [0.15, 0.2) is 12.2 Å². The zero-order valence-corrected chi connectivity index (χ0v) is 55.3. The van der Waals surface area contributed by atoms with Crippen LogP contribution < -0.4 is 26.6 Å². The average molecular weight is 1200 g/mol. The highest BCUT2D eigenvalue weighted by molar-refractivity contribution is 5.99. The molecule has 0 saturated carbocycles. The summed E-state index contributed by atoms with van der Waals surface area (Å²) in [7, 11) is 8.29. The van der Waals surface area contributed by atoms with Crippen molar-refractivity contribution in [1.29, 1.82) is 0 Å². The van der Waals surface area contributed by atoms with E-state index in [2.05, 4.69) is 26.6 Å². The molecule has 1 saturated heterocycles. The van der Waals surface area contributed by atoms with Gasteiger partial charge in [-0.15, -0.1) is 0 Å². The minimum absolute atomic E-state index is 0.000699. The van der Waals surface area contributed by atoms with Crippen LogP contribution in [0.5, 0.6) is 0 Å². The molecular formula is C61H109N11O13. The Morgan fingerprint density at radius 3 is 1.35 bits per heavy atom. The van der Waals surface area contributed by atoms with Crippen molar-refractivity contribution in [3.63, 3.8) is 0 Å². The lowest BCUT2D eigenvalue weighted by Gasteiger charge is -2.41. The summed E-state index contributed by atoms with van der Waals surface area (Å²) in [6.07, 6.45) is 2.79. The predicted octanol–water partition coefficient (Wildman–Crippen LogP) is 1.90. The maximum absolute atomic E-state index is 15.1. The molecule has 24 heteroatoms. The quantitative estimate of drug-likeness (QED) is 0.109. The summed E-state index contributed by atoms with van der Waals surface area (Å²) in [6.45, 7) is 26.4. The summed E-state index contributed by atoms with van der Waals surface area (Å²) in [5, 5.41) is 35.9. The van der Waals surface area contributed by atoms with Crippen LogP contribution in [-0.4, -0.2) is 227 Å². The predicted molar refractivity (Wildman–Crippen MR) is 325 cm³/mol. The monoisotopic (exact) mass is 1200 g/mol. The highest BCUT2D eigenvalue weighted by Crippen LogP contribution is 2.25. The number of nitrogens with zero attached hydrogens (tertiary/aromatic N) is 6. The lowest BCUT2D eigenvalue weighted by Crippen LogP contribution is -2.63. The molecule has 0 aliphatic carbocycles. The first kappa shape index (κ1) is 76.8. The second-order valence-corrected chi connectivity index (χ2v) is 25.6. The van der Waals surface area contributed by atoms with Gasteiger partial charge in [-0.05, 0) is 93.8 Å². The first-order valence-corrected chi connectivity index (χ1v) is 30.3. The zero-order chi connectivity index (χ0) is 65.8.